The molecule has 0 spiro atoms. The number of carboxylic acid groups (broad SMARTS) is 1. The topological polar surface area (TPSA) is 97.2 Å². The number of aliphatic carboxylic acids is 1. The zero-order valence-electron chi connectivity index (χ0n) is 15.9. The van der Waals surface area contributed by atoms with Crippen molar-refractivity contribution in [2.24, 2.45) is 4.99 Å². The SMILES string of the molecule is CCOc1cc(/C=C2/SC(=Nc3ccccc3)NC2=O)ccc1O[C@@H](C)C(=O)O. The highest BCUT2D eigenvalue weighted by Gasteiger charge is 2.24. The van der Waals surface area contributed by atoms with E-state index in [0.717, 1.165) is 11.3 Å². The minimum Gasteiger partial charge on any atom is -0.490 e. The van der Waals surface area contributed by atoms with Crippen LogP contribution in [0, 0.1) is 0 Å². The summed E-state index contributed by atoms with van der Waals surface area (Å²) in [5.41, 5.74) is 1.48. The molecule has 150 valence electrons. The molecule has 1 saturated heterocycles. The van der Waals surface area contributed by atoms with Crippen LogP contribution in [0.1, 0.15) is 19.4 Å². The number of benzene rings is 2. The predicted molar refractivity (Wildman–Crippen MR) is 113 cm³/mol. The highest BCUT2D eigenvalue weighted by atomic mass is 32.2. The van der Waals surface area contributed by atoms with Gasteiger partial charge in [-0.3, -0.25) is 4.79 Å². The lowest BCUT2D eigenvalue weighted by Crippen LogP contribution is -2.23. The average Bonchev–Trinajstić information content (AvgIpc) is 3.03. The molecular formula is C21H20N2O5S. The third-order valence-corrected chi connectivity index (χ3v) is 4.76. The van der Waals surface area contributed by atoms with Crippen LogP contribution in [0.3, 0.4) is 0 Å². The van der Waals surface area contributed by atoms with Gasteiger partial charge in [0.15, 0.2) is 22.8 Å². The lowest BCUT2D eigenvalue weighted by atomic mass is 10.2. The Balaban J connectivity index is 1.82. The van der Waals surface area contributed by atoms with Crippen LogP contribution in [0.4, 0.5) is 5.69 Å². The fourth-order valence-electron chi connectivity index (χ4n) is 2.47. The molecule has 2 aromatic rings. The number of thioether (sulfide) groups is 1. The van der Waals surface area contributed by atoms with E-state index in [1.54, 1.807) is 24.3 Å². The number of carboxylic acids is 1. The smallest absolute Gasteiger partial charge is 0.344 e. The fourth-order valence-corrected chi connectivity index (χ4v) is 3.31. The Labute approximate surface area is 172 Å². The molecule has 1 atom stereocenters. The van der Waals surface area contributed by atoms with Gasteiger partial charge in [-0.25, -0.2) is 9.79 Å². The predicted octanol–water partition coefficient (Wildman–Crippen LogP) is 3.83. The normalized spacial score (nSPS) is 17.2. The summed E-state index contributed by atoms with van der Waals surface area (Å²) in [6.45, 7) is 3.66. The molecule has 29 heavy (non-hydrogen) atoms. The first kappa shape index (κ1) is 20.5. The minimum absolute atomic E-state index is 0.234. The molecule has 0 aromatic heterocycles. The number of carbonyl (C=O) groups is 2. The number of rotatable bonds is 7. The number of nitrogens with zero attached hydrogens (tertiary/aromatic N) is 1. The van der Waals surface area contributed by atoms with E-state index in [1.807, 2.05) is 37.3 Å². The molecule has 1 aliphatic rings. The standard InChI is InChI=1S/C21H20N2O5S/c1-3-27-17-11-14(9-10-16(17)28-13(2)20(25)26)12-18-19(24)23-21(29-18)22-15-7-5-4-6-8-15/h4-13H,3H2,1-2H3,(H,25,26)(H,22,23,24)/b18-12+/t13-/m0/s1. The molecule has 0 saturated carbocycles. The molecule has 0 unspecified atom stereocenters. The van der Waals surface area contributed by atoms with Crippen LogP contribution in [0.2, 0.25) is 0 Å². The van der Waals surface area contributed by atoms with E-state index in [9.17, 15) is 9.59 Å². The van der Waals surface area contributed by atoms with Crippen molar-refractivity contribution in [3.63, 3.8) is 0 Å². The monoisotopic (exact) mass is 412 g/mol. The molecule has 2 N–H and O–H groups in total. The first-order valence-electron chi connectivity index (χ1n) is 8.97. The second-order valence-corrected chi connectivity index (χ2v) is 7.09. The van der Waals surface area contributed by atoms with Crippen molar-refractivity contribution in [3.05, 3.63) is 59.0 Å². The van der Waals surface area contributed by atoms with E-state index < -0.39 is 12.1 Å². The second-order valence-electron chi connectivity index (χ2n) is 6.05. The summed E-state index contributed by atoms with van der Waals surface area (Å²) in [4.78, 5) is 28.2. The summed E-state index contributed by atoms with van der Waals surface area (Å²) in [5.74, 6) is -0.555. The van der Waals surface area contributed by atoms with Gasteiger partial charge < -0.3 is 19.9 Å². The van der Waals surface area contributed by atoms with E-state index in [2.05, 4.69) is 10.3 Å². The van der Waals surface area contributed by atoms with Crippen molar-refractivity contribution < 1.29 is 24.2 Å². The van der Waals surface area contributed by atoms with Crippen molar-refractivity contribution in [1.82, 2.24) is 5.32 Å². The van der Waals surface area contributed by atoms with Gasteiger partial charge in [0.2, 0.25) is 0 Å². The van der Waals surface area contributed by atoms with Crippen molar-refractivity contribution in [1.29, 1.82) is 0 Å². The van der Waals surface area contributed by atoms with Crippen molar-refractivity contribution in [3.8, 4) is 11.5 Å². The quantitative estimate of drug-likeness (QED) is 0.671. The summed E-state index contributed by atoms with van der Waals surface area (Å²) >= 11 is 1.25. The number of amidine groups is 1. The Morgan fingerprint density at radius 1 is 1.24 bits per heavy atom. The first-order valence-corrected chi connectivity index (χ1v) is 9.79. The summed E-state index contributed by atoms with van der Waals surface area (Å²) in [6, 6.07) is 14.4. The van der Waals surface area contributed by atoms with E-state index in [1.165, 1.54) is 18.7 Å². The maximum atomic E-state index is 12.3. The van der Waals surface area contributed by atoms with Gasteiger partial charge in [-0.2, -0.15) is 0 Å². The molecule has 3 rings (SSSR count). The van der Waals surface area contributed by atoms with Crippen LogP contribution in [-0.2, 0) is 9.59 Å². The highest BCUT2D eigenvalue weighted by molar-refractivity contribution is 8.18. The average molecular weight is 412 g/mol. The lowest BCUT2D eigenvalue weighted by molar-refractivity contribution is -0.144. The van der Waals surface area contributed by atoms with Gasteiger partial charge in [0.1, 0.15) is 0 Å². The highest BCUT2D eigenvalue weighted by Crippen LogP contribution is 2.33. The van der Waals surface area contributed by atoms with Gasteiger partial charge in [-0.1, -0.05) is 24.3 Å². The summed E-state index contributed by atoms with van der Waals surface area (Å²) in [6.07, 6.45) is 0.715. The molecular weight excluding hydrogens is 392 g/mol. The molecule has 1 aliphatic heterocycles. The summed E-state index contributed by atoms with van der Waals surface area (Å²) in [7, 11) is 0. The van der Waals surface area contributed by atoms with Gasteiger partial charge in [0, 0.05) is 0 Å². The van der Waals surface area contributed by atoms with Gasteiger partial charge in [-0.15, -0.1) is 0 Å². The third kappa shape index (κ3) is 5.39. The lowest BCUT2D eigenvalue weighted by Gasteiger charge is -2.15. The maximum Gasteiger partial charge on any atom is 0.344 e. The fraction of sp³-hybridized carbons (Fsp3) is 0.190. The Bertz CT molecular complexity index is 972. The number of carbonyl (C=O) groups excluding carboxylic acids is 1. The van der Waals surface area contributed by atoms with Gasteiger partial charge >= 0.3 is 5.97 Å². The summed E-state index contributed by atoms with van der Waals surface area (Å²) in [5, 5.41) is 12.3. The number of aliphatic imine (C=N–C) groups is 1. The van der Waals surface area contributed by atoms with Crippen LogP contribution in [-0.4, -0.2) is 34.9 Å². The van der Waals surface area contributed by atoms with E-state index in [4.69, 9.17) is 14.6 Å². The summed E-state index contributed by atoms with van der Waals surface area (Å²) < 4.78 is 11.0. The van der Waals surface area contributed by atoms with Crippen LogP contribution >= 0.6 is 11.8 Å². The number of ether oxygens (including phenoxy) is 2. The first-order chi connectivity index (χ1) is 14.0. The molecule has 1 heterocycles. The Hall–Kier alpha value is -3.26. The van der Waals surface area contributed by atoms with Crippen molar-refractivity contribution in [2.75, 3.05) is 6.61 Å². The van der Waals surface area contributed by atoms with E-state index >= 15 is 0 Å². The van der Waals surface area contributed by atoms with Gasteiger partial charge in [0.25, 0.3) is 5.91 Å². The molecule has 0 bridgehead atoms. The second kappa shape index (κ2) is 9.29. The molecule has 7 nitrogen and oxygen atoms in total. The van der Waals surface area contributed by atoms with Crippen LogP contribution < -0.4 is 14.8 Å². The van der Waals surface area contributed by atoms with Gasteiger partial charge in [-0.05, 0) is 61.5 Å². The van der Waals surface area contributed by atoms with E-state index in [-0.39, 0.29) is 5.91 Å². The van der Waals surface area contributed by atoms with Crippen molar-refractivity contribution >= 4 is 40.6 Å². The van der Waals surface area contributed by atoms with Crippen molar-refractivity contribution in [2.45, 2.75) is 20.0 Å². The number of para-hydroxylation sites is 1. The largest absolute Gasteiger partial charge is 0.490 e. The van der Waals surface area contributed by atoms with Crippen LogP contribution in [0.25, 0.3) is 6.08 Å². The van der Waals surface area contributed by atoms with Crippen LogP contribution in [0.5, 0.6) is 11.5 Å². The third-order valence-electron chi connectivity index (χ3n) is 3.85. The maximum absolute atomic E-state index is 12.3. The number of hydrogen-bond donors (Lipinski definition) is 2. The van der Waals surface area contributed by atoms with Crippen LogP contribution in [0.15, 0.2) is 58.4 Å². The molecule has 2 aromatic carbocycles. The Kier molecular flexibility index (Phi) is 6.56. The number of nitrogens with one attached hydrogen (secondary N) is 1. The zero-order chi connectivity index (χ0) is 20.8. The van der Waals surface area contributed by atoms with E-state index in [0.29, 0.717) is 28.2 Å². The number of amides is 1. The molecule has 0 radical (unpaired) electrons. The molecule has 0 aliphatic carbocycles. The Morgan fingerprint density at radius 2 is 2.00 bits per heavy atom. The zero-order valence-corrected chi connectivity index (χ0v) is 16.7. The van der Waals surface area contributed by atoms with Gasteiger partial charge in [0.05, 0.1) is 17.2 Å². The Morgan fingerprint density at radius 3 is 2.69 bits per heavy atom. The molecule has 1 fully saturated rings. The molecule has 8 heteroatoms. The number of hydrogen-bond acceptors (Lipinski definition) is 6. The minimum atomic E-state index is -1.07. The molecule has 1 amide bonds.